The molecule has 0 heterocycles. The van der Waals surface area contributed by atoms with Gasteiger partial charge in [0.2, 0.25) is 0 Å². The number of benzene rings is 2. The number of carbonyl (C=O) groups excluding carboxylic acids is 1. The normalized spacial score (nSPS) is 10.2. The van der Waals surface area contributed by atoms with Crippen molar-refractivity contribution in [2.75, 3.05) is 5.32 Å². The zero-order valence-electron chi connectivity index (χ0n) is 9.52. The Balaban J connectivity index is 2.32. The summed E-state index contributed by atoms with van der Waals surface area (Å²) in [6.07, 6.45) is 0. The maximum atomic E-state index is 11.9. The second-order valence-electron chi connectivity index (χ2n) is 3.76. The lowest BCUT2D eigenvalue weighted by atomic mass is 10.2. The Kier molecular flexibility index (Phi) is 3.83. The predicted molar refractivity (Wildman–Crippen MR) is 74.2 cm³/mol. The fourth-order valence-corrected chi connectivity index (χ4v) is 2.01. The number of aromatic hydroxyl groups is 2. The monoisotopic (exact) mass is 297 g/mol. The van der Waals surface area contributed by atoms with Crippen LogP contribution in [0.3, 0.4) is 0 Å². The molecule has 19 heavy (non-hydrogen) atoms. The second kappa shape index (κ2) is 5.38. The molecule has 0 unspecified atom stereocenters. The highest BCUT2D eigenvalue weighted by Gasteiger charge is 2.14. The summed E-state index contributed by atoms with van der Waals surface area (Å²) in [6.45, 7) is 0. The first-order valence-corrected chi connectivity index (χ1v) is 6.02. The van der Waals surface area contributed by atoms with Crippen molar-refractivity contribution in [3.63, 3.8) is 0 Å². The van der Waals surface area contributed by atoms with Crippen molar-refractivity contribution < 1.29 is 15.0 Å². The smallest absolute Gasteiger partial charge is 0.259 e. The van der Waals surface area contributed by atoms with Gasteiger partial charge in [-0.25, -0.2) is 0 Å². The number of amides is 1. The summed E-state index contributed by atoms with van der Waals surface area (Å²) in [5.41, 5.74) is 0.156. The number of para-hydroxylation sites is 1. The Labute approximate surface area is 119 Å². The van der Waals surface area contributed by atoms with Gasteiger partial charge in [0.05, 0.1) is 16.3 Å². The topological polar surface area (TPSA) is 69.6 Å². The molecule has 0 fully saturated rings. The Morgan fingerprint density at radius 3 is 2.47 bits per heavy atom. The molecule has 0 radical (unpaired) electrons. The Morgan fingerprint density at radius 1 is 1.11 bits per heavy atom. The molecule has 2 aromatic rings. The van der Waals surface area contributed by atoms with Crippen LogP contribution in [0.1, 0.15) is 10.4 Å². The molecule has 0 aromatic heterocycles. The number of rotatable bonds is 2. The molecule has 0 aliphatic heterocycles. The van der Waals surface area contributed by atoms with E-state index in [4.69, 9.17) is 23.2 Å². The molecular formula is C13H9Cl2NO3. The average molecular weight is 298 g/mol. The van der Waals surface area contributed by atoms with Crippen LogP contribution in [0.5, 0.6) is 11.5 Å². The van der Waals surface area contributed by atoms with E-state index >= 15 is 0 Å². The van der Waals surface area contributed by atoms with Crippen LogP contribution < -0.4 is 5.32 Å². The van der Waals surface area contributed by atoms with Crippen molar-refractivity contribution in [1.82, 2.24) is 0 Å². The standard InChI is InChI=1S/C13H9Cl2NO3/c14-7-5-9(15)12(18)10(6-7)16-13(19)8-3-1-2-4-11(8)17/h1-6,17-18H,(H,16,19). The minimum Gasteiger partial charge on any atom is -0.507 e. The van der Waals surface area contributed by atoms with Gasteiger partial charge in [0.1, 0.15) is 5.75 Å². The maximum Gasteiger partial charge on any atom is 0.259 e. The van der Waals surface area contributed by atoms with Crippen LogP contribution in [-0.2, 0) is 0 Å². The number of nitrogens with one attached hydrogen (secondary N) is 1. The molecular weight excluding hydrogens is 289 g/mol. The van der Waals surface area contributed by atoms with Crippen LogP contribution in [0.4, 0.5) is 5.69 Å². The van der Waals surface area contributed by atoms with Gasteiger partial charge in [-0.3, -0.25) is 4.79 Å². The van der Waals surface area contributed by atoms with E-state index in [9.17, 15) is 15.0 Å². The molecule has 0 atom stereocenters. The third kappa shape index (κ3) is 2.92. The van der Waals surface area contributed by atoms with Crippen molar-refractivity contribution in [2.45, 2.75) is 0 Å². The van der Waals surface area contributed by atoms with Gasteiger partial charge in [-0.1, -0.05) is 35.3 Å². The van der Waals surface area contributed by atoms with E-state index in [0.717, 1.165) is 0 Å². The first kappa shape index (κ1) is 13.5. The molecule has 0 aliphatic carbocycles. The fraction of sp³-hybridized carbons (Fsp3) is 0. The van der Waals surface area contributed by atoms with E-state index in [1.807, 2.05) is 0 Å². The zero-order chi connectivity index (χ0) is 14.0. The molecule has 98 valence electrons. The lowest BCUT2D eigenvalue weighted by Crippen LogP contribution is -2.12. The molecule has 2 rings (SSSR count). The largest absolute Gasteiger partial charge is 0.507 e. The minimum absolute atomic E-state index is 0.0279. The third-order valence-electron chi connectivity index (χ3n) is 2.43. The molecule has 0 saturated carbocycles. The van der Waals surface area contributed by atoms with Crippen molar-refractivity contribution in [2.24, 2.45) is 0 Å². The predicted octanol–water partition coefficient (Wildman–Crippen LogP) is 3.66. The van der Waals surface area contributed by atoms with Crippen molar-refractivity contribution in [3.05, 3.63) is 52.0 Å². The molecule has 0 aliphatic rings. The quantitative estimate of drug-likeness (QED) is 0.741. The summed E-state index contributed by atoms with van der Waals surface area (Å²) in [6, 6.07) is 8.77. The van der Waals surface area contributed by atoms with Gasteiger partial charge in [0.25, 0.3) is 5.91 Å². The Hall–Kier alpha value is -1.91. The fourth-order valence-electron chi connectivity index (χ4n) is 1.52. The first-order chi connectivity index (χ1) is 8.99. The molecule has 1 amide bonds. The van der Waals surface area contributed by atoms with E-state index < -0.39 is 5.91 Å². The Morgan fingerprint density at radius 2 is 1.79 bits per heavy atom. The average Bonchev–Trinajstić information content (AvgIpc) is 2.35. The van der Waals surface area contributed by atoms with Gasteiger partial charge < -0.3 is 15.5 Å². The van der Waals surface area contributed by atoms with Crippen LogP contribution in [-0.4, -0.2) is 16.1 Å². The van der Waals surface area contributed by atoms with Crippen molar-refractivity contribution in [1.29, 1.82) is 0 Å². The van der Waals surface area contributed by atoms with Gasteiger partial charge in [-0.2, -0.15) is 0 Å². The number of phenolic OH excluding ortho intramolecular Hbond substituents is 2. The molecule has 3 N–H and O–H groups in total. The summed E-state index contributed by atoms with van der Waals surface area (Å²) >= 11 is 11.5. The first-order valence-electron chi connectivity index (χ1n) is 5.26. The van der Waals surface area contributed by atoms with Crippen molar-refractivity contribution in [3.8, 4) is 11.5 Å². The zero-order valence-corrected chi connectivity index (χ0v) is 11.0. The number of phenols is 2. The van der Waals surface area contributed by atoms with E-state index in [1.165, 1.54) is 24.3 Å². The van der Waals surface area contributed by atoms with Gasteiger partial charge in [0, 0.05) is 5.02 Å². The Bertz CT molecular complexity index is 644. The molecule has 0 spiro atoms. The van der Waals surface area contributed by atoms with E-state index in [2.05, 4.69) is 5.32 Å². The van der Waals surface area contributed by atoms with Gasteiger partial charge >= 0.3 is 0 Å². The van der Waals surface area contributed by atoms with E-state index in [-0.39, 0.29) is 32.8 Å². The highest BCUT2D eigenvalue weighted by molar-refractivity contribution is 6.36. The van der Waals surface area contributed by atoms with Crippen LogP contribution >= 0.6 is 23.2 Å². The SMILES string of the molecule is O=C(Nc1cc(Cl)cc(Cl)c1O)c1ccccc1O. The molecule has 4 nitrogen and oxygen atoms in total. The summed E-state index contributed by atoms with van der Waals surface area (Å²) in [7, 11) is 0. The second-order valence-corrected chi connectivity index (χ2v) is 4.60. The van der Waals surface area contributed by atoms with Crippen LogP contribution in [0.15, 0.2) is 36.4 Å². The molecule has 2 aromatic carbocycles. The summed E-state index contributed by atoms with van der Waals surface area (Å²) in [5.74, 6) is -1.02. The van der Waals surface area contributed by atoms with E-state index in [1.54, 1.807) is 12.1 Å². The van der Waals surface area contributed by atoms with Gasteiger partial charge in [-0.05, 0) is 24.3 Å². The minimum atomic E-state index is -0.577. The van der Waals surface area contributed by atoms with Crippen LogP contribution in [0.25, 0.3) is 0 Å². The highest BCUT2D eigenvalue weighted by atomic mass is 35.5. The summed E-state index contributed by atoms with van der Waals surface area (Å²) < 4.78 is 0. The highest BCUT2D eigenvalue weighted by Crippen LogP contribution is 2.35. The maximum absolute atomic E-state index is 11.9. The number of hydrogen-bond acceptors (Lipinski definition) is 3. The number of carbonyl (C=O) groups is 1. The van der Waals surface area contributed by atoms with Crippen LogP contribution in [0.2, 0.25) is 10.0 Å². The van der Waals surface area contributed by atoms with Crippen molar-refractivity contribution >= 4 is 34.8 Å². The number of hydrogen-bond donors (Lipinski definition) is 3. The lowest BCUT2D eigenvalue weighted by Gasteiger charge is -2.10. The van der Waals surface area contributed by atoms with Crippen LogP contribution in [0, 0.1) is 0 Å². The molecule has 0 bridgehead atoms. The number of anilines is 1. The van der Waals surface area contributed by atoms with Gasteiger partial charge in [0.15, 0.2) is 5.75 Å². The molecule has 6 heteroatoms. The lowest BCUT2D eigenvalue weighted by molar-refractivity contribution is 0.102. The molecule has 0 saturated heterocycles. The number of halogens is 2. The summed E-state index contributed by atoms with van der Waals surface area (Å²) in [5, 5.41) is 22.0. The van der Waals surface area contributed by atoms with Gasteiger partial charge in [-0.15, -0.1) is 0 Å². The third-order valence-corrected chi connectivity index (χ3v) is 2.93. The van der Waals surface area contributed by atoms with E-state index in [0.29, 0.717) is 0 Å². The summed E-state index contributed by atoms with van der Waals surface area (Å²) in [4.78, 5) is 11.9.